The Morgan fingerprint density at radius 2 is 2.04 bits per heavy atom. The Morgan fingerprint density at radius 1 is 1.22 bits per heavy atom. The highest BCUT2D eigenvalue weighted by Gasteiger charge is 2.19. The first kappa shape index (κ1) is 18.3. The lowest BCUT2D eigenvalue weighted by atomic mass is 10.1. The first-order valence-electron chi connectivity index (χ1n) is 8.92. The Bertz CT molecular complexity index is 983. The minimum atomic E-state index is 0.00146. The number of nitrogens with one attached hydrogen (secondary N) is 1. The van der Waals surface area contributed by atoms with Crippen molar-refractivity contribution in [2.75, 3.05) is 18.4 Å². The van der Waals surface area contributed by atoms with Crippen LogP contribution in [0.25, 0.3) is 5.65 Å². The number of rotatable bonds is 4. The summed E-state index contributed by atoms with van der Waals surface area (Å²) in [5.41, 5.74) is 2.28. The molecule has 6 nitrogen and oxygen atoms in total. The molecule has 0 radical (unpaired) electrons. The molecule has 0 aromatic carbocycles. The highest BCUT2D eigenvalue weighted by Crippen LogP contribution is 2.23. The van der Waals surface area contributed by atoms with E-state index in [1.165, 1.54) is 6.42 Å². The van der Waals surface area contributed by atoms with Gasteiger partial charge in [-0.15, -0.1) is 0 Å². The van der Waals surface area contributed by atoms with Gasteiger partial charge in [0.25, 0.3) is 5.91 Å². The molecule has 1 amide bonds. The van der Waals surface area contributed by atoms with Crippen LogP contribution >= 0.6 is 27.5 Å². The number of halogens is 2. The van der Waals surface area contributed by atoms with Crippen molar-refractivity contribution in [3.05, 3.63) is 57.5 Å². The van der Waals surface area contributed by atoms with Gasteiger partial charge >= 0.3 is 0 Å². The lowest BCUT2D eigenvalue weighted by Gasteiger charge is -2.26. The summed E-state index contributed by atoms with van der Waals surface area (Å²) >= 11 is 9.80. The predicted molar refractivity (Wildman–Crippen MR) is 109 cm³/mol. The van der Waals surface area contributed by atoms with Crippen molar-refractivity contribution < 1.29 is 4.79 Å². The monoisotopic (exact) mass is 447 g/mol. The zero-order chi connectivity index (χ0) is 18.8. The van der Waals surface area contributed by atoms with E-state index >= 15 is 0 Å². The summed E-state index contributed by atoms with van der Waals surface area (Å²) in [7, 11) is 0. The number of pyridine rings is 2. The van der Waals surface area contributed by atoms with Gasteiger partial charge in [0.2, 0.25) is 0 Å². The number of anilines is 1. The van der Waals surface area contributed by atoms with Crippen molar-refractivity contribution in [1.29, 1.82) is 0 Å². The predicted octanol–water partition coefficient (Wildman–Crippen LogP) is 4.38. The van der Waals surface area contributed by atoms with Crippen LogP contribution in [0.2, 0.25) is 5.02 Å². The summed E-state index contributed by atoms with van der Waals surface area (Å²) in [5, 5.41) is 3.63. The lowest BCUT2D eigenvalue weighted by Crippen LogP contribution is -2.35. The second-order valence-electron chi connectivity index (χ2n) is 6.61. The van der Waals surface area contributed by atoms with Gasteiger partial charge in [0.1, 0.15) is 11.5 Å². The molecule has 0 unspecified atom stereocenters. The lowest BCUT2D eigenvalue weighted by molar-refractivity contribution is 0.0724. The SMILES string of the molecule is O=C(c1cnc(NCc2cn3cc(Br)ccc3n2)c(Cl)c1)N1CCCCC1. The summed E-state index contributed by atoms with van der Waals surface area (Å²) in [6.07, 6.45) is 8.80. The summed E-state index contributed by atoms with van der Waals surface area (Å²) < 4.78 is 2.95. The summed E-state index contributed by atoms with van der Waals surface area (Å²) in [5.74, 6) is 0.548. The third-order valence-electron chi connectivity index (χ3n) is 4.63. The third-order valence-corrected chi connectivity index (χ3v) is 5.39. The van der Waals surface area contributed by atoms with Gasteiger partial charge in [0, 0.05) is 36.2 Å². The van der Waals surface area contributed by atoms with E-state index in [1.807, 2.05) is 33.8 Å². The molecule has 4 rings (SSSR count). The van der Waals surface area contributed by atoms with Gasteiger partial charge in [-0.05, 0) is 53.4 Å². The number of imidazole rings is 1. The summed E-state index contributed by atoms with van der Waals surface area (Å²) in [6, 6.07) is 5.59. The molecule has 0 bridgehead atoms. The van der Waals surface area contributed by atoms with Crippen molar-refractivity contribution in [3.8, 4) is 0 Å². The highest BCUT2D eigenvalue weighted by atomic mass is 79.9. The number of amides is 1. The molecule has 1 saturated heterocycles. The van der Waals surface area contributed by atoms with E-state index in [4.69, 9.17) is 11.6 Å². The maximum Gasteiger partial charge on any atom is 0.255 e. The molecule has 3 aromatic rings. The van der Waals surface area contributed by atoms with Crippen LogP contribution in [-0.2, 0) is 6.54 Å². The molecule has 1 aliphatic rings. The fourth-order valence-electron chi connectivity index (χ4n) is 3.24. The van der Waals surface area contributed by atoms with Crippen LogP contribution < -0.4 is 5.32 Å². The molecule has 0 atom stereocenters. The molecule has 140 valence electrons. The Balaban J connectivity index is 1.45. The van der Waals surface area contributed by atoms with Crippen LogP contribution in [0.3, 0.4) is 0 Å². The van der Waals surface area contributed by atoms with E-state index in [0.717, 1.165) is 41.7 Å². The number of piperidine rings is 1. The number of fused-ring (bicyclic) bond motifs is 1. The average Bonchev–Trinajstić information content (AvgIpc) is 3.09. The first-order valence-corrected chi connectivity index (χ1v) is 10.1. The smallest absolute Gasteiger partial charge is 0.255 e. The van der Waals surface area contributed by atoms with Gasteiger partial charge in [0.05, 0.1) is 22.8 Å². The molecule has 3 aromatic heterocycles. The zero-order valence-corrected chi connectivity index (χ0v) is 17.0. The van der Waals surface area contributed by atoms with Crippen LogP contribution in [0, 0.1) is 0 Å². The second-order valence-corrected chi connectivity index (χ2v) is 7.93. The first-order chi connectivity index (χ1) is 13.1. The van der Waals surface area contributed by atoms with Crippen LogP contribution in [0.4, 0.5) is 5.82 Å². The molecule has 8 heteroatoms. The molecular weight excluding hydrogens is 430 g/mol. The Labute approximate surface area is 170 Å². The highest BCUT2D eigenvalue weighted by molar-refractivity contribution is 9.10. The molecule has 1 N–H and O–H groups in total. The number of carbonyl (C=O) groups excluding carboxylic acids is 1. The third kappa shape index (κ3) is 4.09. The molecule has 27 heavy (non-hydrogen) atoms. The number of likely N-dealkylation sites (tertiary alicyclic amines) is 1. The largest absolute Gasteiger partial charge is 0.363 e. The van der Waals surface area contributed by atoms with E-state index in [-0.39, 0.29) is 5.91 Å². The minimum Gasteiger partial charge on any atom is -0.363 e. The van der Waals surface area contributed by atoms with Crippen molar-refractivity contribution in [3.63, 3.8) is 0 Å². The van der Waals surface area contributed by atoms with Gasteiger partial charge in [0.15, 0.2) is 0 Å². The fraction of sp³-hybridized carbons (Fsp3) is 0.316. The van der Waals surface area contributed by atoms with Gasteiger partial charge in [-0.3, -0.25) is 4.79 Å². The molecular formula is C19H19BrClN5O. The van der Waals surface area contributed by atoms with Gasteiger partial charge in [-0.1, -0.05) is 11.6 Å². The molecule has 0 saturated carbocycles. The Hall–Kier alpha value is -2.12. The van der Waals surface area contributed by atoms with E-state index < -0.39 is 0 Å². The van der Waals surface area contributed by atoms with Crippen molar-refractivity contribution >= 4 is 44.9 Å². The van der Waals surface area contributed by atoms with E-state index in [9.17, 15) is 4.79 Å². The number of aromatic nitrogens is 3. The van der Waals surface area contributed by atoms with Crippen molar-refractivity contribution in [1.82, 2.24) is 19.3 Å². The normalized spacial score (nSPS) is 14.5. The van der Waals surface area contributed by atoms with Gasteiger partial charge in [-0.2, -0.15) is 0 Å². The van der Waals surface area contributed by atoms with Crippen molar-refractivity contribution in [2.24, 2.45) is 0 Å². The van der Waals surface area contributed by atoms with Crippen LogP contribution in [0.15, 0.2) is 41.3 Å². The average molecular weight is 449 g/mol. The molecule has 1 fully saturated rings. The van der Waals surface area contributed by atoms with Crippen LogP contribution in [0.1, 0.15) is 35.3 Å². The Kier molecular flexibility index (Phi) is 5.31. The standard InChI is InChI=1S/C19H19BrClN5O/c20-14-4-5-17-24-15(12-26(17)11-14)10-23-18-16(21)8-13(9-22-18)19(27)25-6-2-1-3-7-25/h4-5,8-9,11-12H,1-3,6-7,10H2,(H,22,23). The zero-order valence-electron chi connectivity index (χ0n) is 14.7. The summed E-state index contributed by atoms with van der Waals surface area (Å²) in [6.45, 7) is 2.10. The Morgan fingerprint density at radius 3 is 2.81 bits per heavy atom. The van der Waals surface area contributed by atoms with E-state index in [2.05, 4.69) is 31.2 Å². The van der Waals surface area contributed by atoms with Crippen molar-refractivity contribution in [2.45, 2.75) is 25.8 Å². The maximum absolute atomic E-state index is 12.6. The summed E-state index contributed by atoms with van der Waals surface area (Å²) in [4.78, 5) is 23.3. The van der Waals surface area contributed by atoms with Crippen LogP contribution in [-0.4, -0.2) is 38.3 Å². The van der Waals surface area contributed by atoms with E-state index in [0.29, 0.717) is 22.9 Å². The van der Waals surface area contributed by atoms with Crippen LogP contribution in [0.5, 0.6) is 0 Å². The topological polar surface area (TPSA) is 62.5 Å². The second kappa shape index (κ2) is 7.86. The molecule has 1 aliphatic heterocycles. The van der Waals surface area contributed by atoms with Gasteiger partial charge < -0.3 is 14.6 Å². The number of nitrogens with zero attached hydrogens (tertiary/aromatic N) is 4. The van der Waals surface area contributed by atoms with E-state index in [1.54, 1.807) is 12.3 Å². The fourth-order valence-corrected chi connectivity index (χ4v) is 3.83. The molecule has 0 aliphatic carbocycles. The quantitative estimate of drug-likeness (QED) is 0.643. The number of hydrogen-bond acceptors (Lipinski definition) is 4. The molecule has 4 heterocycles. The minimum absolute atomic E-state index is 0.00146. The maximum atomic E-state index is 12.6. The number of carbonyl (C=O) groups is 1. The van der Waals surface area contributed by atoms with Gasteiger partial charge in [-0.25, -0.2) is 9.97 Å². The molecule has 0 spiro atoms. The number of hydrogen-bond donors (Lipinski definition) is 1.